The second-order valence-corrected chi connectivity index (χ2v) is 7.59. The van der Waals surface area contributed by atoms with Crippen molar-refractivity contribution >= 4 is 11.9 Å². The third-order valence-corrected chi connectivity index (χ3v) is 5.15. The van der Waals surface area contributed by atoms with Crippen molar-refractivity contribution in [2.24, 2.45) is 4.99 Å². The van der Waals surface area contributed by atoms with Gasteiger partial charge >= 0.3 is 6.18 Å². The van der Waals surface area contributed by atoms with Crippen LogP contribution in [-0.4, -0.2) is 29.1 Å². The van der Waals surface area contributed by atoms with Gasteiger partial charge in [-0.1, -0.05) is 12.1 Å². The Hall–Kier alpha value is -3.01. The topological polar surface area (TPSA) is 73.7 Å². The van der Waals surface area contributed by atoms with Crippen LogP contribution in [0.5, 0.6) is 0 Å². The smallest absolute Gasteiger partial charge is 0.393 e. The Labute approximate surface area is 181 Å². The van der Waals surface area contributed by atoms with Crippen molar-refractivity contribution in [1.29, 1.82) is 0 Å². The molecule has 3 rings (SSSR count). The number of hydrogen-bond acceptors (Lipinski definition) is 3. The molecule has 0 aliphatic heterocycles. The summed E-state index contributed by atoms with van der Waals surface area (Å²) >= 11 is 0. The number of carbonyl (C=O) groups is 1. The molecule has 1 aliphatic rings. The maximum absolute atomic E-state index is 13.5. The Kier molecular flexibility index (Phi) is 7.44. The number of nitrogens with one attached hydrogen (secondary N) is 2. The van der Waals surface area contributed by atoms with Gasteiger partial charge in [-0.2, -0.15) is 13.2 Å². The lowest BCUT2D eigenvalue weighted by Crippen LogP contribution is -2.47. The van der Waals surface area contributed by atoms with Crippen molar-refractivity contribution in [2.75, 3.05) is 0 Å². The van der Waals surface area contributed by atoms with Crippen molar-refractivity contribution in [2.45, 2.75) is 50.6 Å². The predicted molar refractivity (Wildman–Crippen MR) is 108 cm³/mol. The number of carbonyl (C=O) groups excluding carboxylic acids is 1. The van der Waals surface area contributed by atoms with Crippen LogP contribution in [0.25, 0.3) is 0 Å². The van der Waals surface area contributed by atoms with Gasteiger partial charge in [0.25, 0.3) is 5.91 Å². The third kappa shape index (κ3) is 6.49. The third-order valence-electron chi connectivity index (χ3n) is 5.15. The number of aliphatic hydroxyl groups is 1. The molecule has 0 atom stereocenters. The number of amides is 1. The first-order chi connectivity index (χ1) is 15.1. The quantitative estimate of drug-likeness (QED) is 0.368. The molecule has 172 valence electrons. The SMILES string of the molecule is O=C(NC(=NCc1ccc(C(F)(F)F)cc1)NC1CCC(O)CC1)c1ccc(F)c(F)c1. The van der Waals surface area contributed by atoms with Gasteiger partial charge in [0.15, 0.2) is 17.6 Å². The molecular weight excluding hydrogens is 433 g/mol. The molecular formula is C22H22F5N3O2. The summed E-state index contributed by atoms with van der Waals surface area (Å²) in [5, 5.41) is 15.2. The highest BCUT2D eigenvalue weighted by molar-refractivity contribution is 6.05. The highest BCUT2D eigenvalue weighted by atomic mass is 19.4. The number of guanidine groups is 1. The van der Waals surface area contributed by atoms with E-state index < -0.39 is 35.4 Å². The van der Waals surface area contributed by atoms with Crippen LogP contribution < -0.4 is 10.6 Å². The van der Waals surface area contributed by atoms with Gasteiger partial charge in [-0.3, -0.25) is 10.1 Å². The lowest BCUT2D eigenvalue weighted by atomic mass is 9.93. The first-order valence-corrected chi connectivity index (χ1v) is 10.0. The Bertz CT molecular complexity index is 969. The fraction of sp³-hybridized carbons (Fsp3) is 0.364. The number of halogens is 5. The lowest BCUT2D eigenvalue weighted by molar-refractivity contribution is -0.137. The number of benzene rings is 2. The predicted octanol–water partition coefficient (Wildman–Crippen LogP) is 4.16. The zero-order chi connectivity index (χ0) is 23.3. The second kappa shape index (κ2) is 10.1. The van der Waals surface area contributed by atoms with Crippen molar-refractivity contribution in [3.63, 3.8) is 0 Å². The molecule has 32 heavy (non-hydrogen) atoms. The summed E-state index contributed by atoms with van der Waals surface area (Å²) in [5.74, 6) is -2.92. The molecule has 0 saturated heterocycles. The van der Waals surface area contributed by atoms with Crippen molar-refractivity contribution in [3.8, 4) is 0 Å². The number of nitrogens with zero attached hydrogens (tertiary/aromatic N) is 1. The molecule has 1 amide bonds. The highest BCUT2D eigenvalue weighted by Crippen LogP contribution is 2.29. The zero-order valence-electron chi connectivity index (χ0n) is 16.9. The summed E-state index contributed by atoms with van der Waals surface area (Å²) in [6.45, 7) is -0.0200. The van der Waals surface area contributed by atoms with E-state index in [1.807, 2.05) is 0 Å². The Balaban J connectivity index is 1.74. The molecule has 1 aliphatic carbocycles. The monoisotopic (exact) mass is 455 g/mol. The van der Waals surface area contributed by atoms with Gasteiger partial charge in [0.05, 0.1) is 18.2 Å². The molecule has 0 bridgehead atoms. The summed E-state index contributed by atoms with van der Waals surface area (Å²) in [6, 6.07) is 7.10. The summed E-state index contributed by atoms with van der Waals surface area (Å²) in [5.41, 5.74) is -0.415. The van der Waals surface area contributed by atoms with Crippen molar-refractivity contribution in [3.05, 3.63) is 70.8 Å². The second-order valence-electron chi connectivity index (χ2n) is 7.59. The number of alkyl halides is 3. The number of aliphatic imine (C=N–C) groups is 1. The molecule has 0 heterocycles. The molecule has 0 aromatic heterocycles. The first-order valence-electron chi connectivity index (χ1n) is 10.0. The molecule has 10 heteroatoms. The van der Waals surface area contributed by atoms with Crippen molar-refractivity contribution < 1.29 is 31.9 Å². The highest BCUT2D eigenvalue weighted by Gasteiger charge is 2.30. The maximum Gasteiger partial charge on any atom is 0.416 e. The van der Waals surface area contributed by atoms with Crippen molar-refractivity contribution in [1.82, 2.24) is 10.6 Å². The fourth-order valence-electron chi connectivity index (χ4n) is 3.32. The van der Waals surface area contributed by atoms with E-state index in [9.17, 15) is 31.9 Å². The van der Waals surface area contributed by atoms with Crippen LogP contribution in [-0.2, 0) is 12.7 Å². The Morgan fingerprint density at radius 2 is 1.66 bits per heavy atom. The van der Waals surface area contributed by atoms with E-state index in [-0.39, 0.29) is 24.1 Å². The minimum atomic E-state index is -4.45. The van der Waals surface area contributed by atoms with Gasteiger partial charge in [-0.25, -0.2) is 13.8 Å². The molecule has 1 saturated carbocycles. The minimum absolute atomic E-state index is 0.0200. The summed E-state index contributed by atoms with van der Waals surface area (Å²) in [6.07, 6.45) is -2.44. The van der Waals surface area contributed by atoms with Gasteiger partial charge in [0, 0.05) is 11.6 Å². The summed E-state index contributed by atoms with van der Waals surface area (Å²) < 4.78 is 64.8. The number of hydrogen-bond donors (Lipinski definition) is 3. The minimum Gasteiger partial charge on any atom is -0.393 e. The van der Waals surface area contributed by atoms with E-state index in [0.717, 1.165) is 30.3 Å². The van der Waals surface area contributed by atoms with Gasteiger partial charge < -0.3 is 10.4 Å². The van der Waals surface area contributed by atoms with Crippen LogP contribution in [0.1, 0.15) is 47.2 Å². The summed E-state index contributed by atoms with van der Waals surface area (Å²) in [4.78, 5) is 16.8. The molecule has 2 aromatic carbocycles. The standard InChI is InChI=1S/C22H22F5N3O2/c23-18-10-3-14(11-19(18)24)20(32)30-21(29-16-6-8-17(31)9-7-16)28-12-13-1-4-15(5-2-13)22(25,26)27/h1-5,10-11,16-17,31H,6-9,12H2,(H2,28,29,30,32). The first kappa shape index (κ1) is 23.6. The molecule has 1 fully saturated rings. The average molecular weight is 455 g/mol. The van der Waals surface area contributed by atoms with Crippen LogP contribution >= 0.6 is 0 Å². The van der Waals surface area contributed by atoms with E-state index in [1.54, 1.807) is 0 Å². The molecule has 3 N–H and O–H groups in total. The largest absolute Gasteiger partial charge is 0.416 e. The Morgan fingerprint density at radius 3 is 2.25 bits per heavy atom. The fourth-order valence-corrected chi connectivity index (χ4v) is 3.32. The van der Waals surface area contributed by atoms with Crippen LogP contribution in [0.15, 0.2) is 47.5 Å². The van der Waals surface area contributed by atoms with Crippen LogP contribution in [0.3, 0.4) is 0 Å². The van der Waals surface area contributed by atoms with E-state index >= 15 is 0 Å². The van der Waals surface area contributed by atoms with Crippen LogP contribution in [0.4, 0.5) is 22.0 Å². The van der Waals surface area contributed by atoms with Gasteiger partial charge in [0.2, 0.25) is 0 Å². The molecule has 0 radical (unpaired) electrons. The molecule has 2 aromatic rings. The maximum atomic E-state index is 13.5. The normalized spacial score (nSPS) is 19.5. The van der Waals surface area contributed by atoms with Crippen LogP contribution in [0, 0.1) is 11.6 Å². The zero-order valence-corrected chi connectivity index (χ0v) is 16.9. The van der Waals surface area contributed by atoms with Crippen LogP contribution in [0.2, 0.25) is 0 Å². The summed E-state index contributed by atoms with van der Waals surface area (Å²) in [7, 11) is 0. The van der Waals surface area contributed by atoms with E-state index in [0.29, 0.717) is 31.2 Å². The van der Waals surface area contributed by atoms with Gasteiger partial charge in [-0.15, -0.1) is 0 Å². The molecule has 0 unspecified atom stereocenters. The van der Waals surface area contributed by atoms with Gasteiger partial charge in [0.1, 0.15) is 0 Å². The number of rotatable bonds is 4. The molecule has 5 nitrogen and oxygen atoms in total. The lowest BCUT2D eigenvalue weighted by Gasteiger charge is -2.27. The number of aliphatic hydroxyl groups excluding tert-OH is 1. The van der Waals surface area contributed by atoms with E-state index in [4.69, 9.17) is 0 Å². The Morgan fingerprint density at radius 1 is 1.00 bits per heavy atom. The van der Waals surface area contributed by atoms with E-state index in [2.05, 4.69) is 15.6 Å². The van der Waals surface area contributed by atoms with Gasteiger partial charge in [-0.05, 0) is 61.6 Å². The van der Waals surface area contributed by atoms with E-state index in [1.165, 1.54) is 12.1 Å². The average Bonchev–Trinajstić information content (AvgIpc) is 2.75. The molecule has 0 spiro atoms.